The molecule has 1 rings (SSSR count). The maximum Gasteiger partial charge on any atom is 0.0822 e. The van der Waals surface area contributed by atoms with Crippen molar-refractivity contribution in [1.82, 2.24) is 9.78 Å². The van der Waals surface area contributed by atoms with Crippen LogP contribution in [0.3, 0.4) is 0 Å². The minimum Gasteiger partial charge on any atom is -0.396 e. The van der Waals surface area contributed by atoms with E-state index in [1.165, 1.54) is 0 Å². The first kappa shape index (κ1) is 10.3. The molecule has 0 aromatic carbocycles. The summed E-state index contributed by atoms with van der Waals surface area (Å²) in [4.78, 5) is 0. The molecule has 11 heavy (non-hydrogen) atoms. The fraction of sp³-hybridized carbons (Fsp3) is 0.571. The van der Waals surface area contributed by atoms with Gasteiger partial charge in [-0.05, 0) is 13.3 Å². The summed E-state index contributed by atoms with van der Waals surface area (Å²) in [5, 5.41) is 4.19. The second kappa shape index (κ2) is 4.23. The van der Waals surface area contributed by atoms with Crippen LogP contribution < -0.4 is 5.73 Å². The largest absolute Gasteiger partial charge is 0.396 e. The van der Waals surface area contributed by atoms with Crippen molar-refractivity contribution in [3.05, 3.63) is 11.9 Å². The van der Waals surface area contributed by atoms with E-state index in [2.05, 4.69) is 12.0 Å². The quantitative estimate of drug-likeness (QED) is 0.742. The van der Waals surface area contributed by atoms with Crippen LogP contribution in [0.2, 0.25) is 0 Å². The van der Waals surface area contributed by atoms with Crippen LogP contribution in [0, 0.1) is 6.92 Å². The number of nitrogens with zero attached hydrogens (tertiary/aromatic N) is 2. The number of hydrogen-bond donors (Lipinski definition) is 1. The van der Waals surface area contributed by atoms with Crippen molar-refractivity contribution >= 4 is 18.1 Å². The lowest BCUT2D eigenvalue weighted by Crippen LogP contribution is -1.96. The Morgan fingerprint density at radius 1 is 1.64 bits per heavy atom. The number of hydrogen-bond acceptors (Lipinski definition) is 2. The predicted molar refractivity (Wildman–Crippen MR) is 48.9 cm³/mol. The maximum atomic E-state index is 5.59. The van der Waals surface area contributed by atoms with Crippen molar-refractivity contribution in [2.75, 3.05) is 5.73 Å². The number of aromatic nitrogens is 2. The molecule has 0 aliphatic carbocycles. The summed E-state index contributed by atoms with van der Waals surface area (Å²) in [6.07, 6.45) is 2.97. The van der Waals surface area contributed by atoms with Gasteiger partial charge in [-0.1, -0.05) is 6.92 Å². The van der Waals surface area contributed by atoms with Gasteiger partial charge >= 0.3 is 0 Å². The highest BCUT2D eigenvalue weighted by Gasteiger charge is 1.97. The Hall–Kier alpha value is -0.700. The fourth-order valence-electron chi connectivity index (χ4n) is 0.877. The van der Waals surface area contributed by atoms with Gasteiger partial charge in [0.25, 0.3) is 0 Å². The molecule has 0 spiro atoms. The first-order chi connectivity index (χ1) is 4.74. The summed E-state index contributed by atoms with van der Waals surface area (Å²) in [6.45, 7) is 4.99. The molecule has 0 aliphatic rings. The summed E-state index contributed by atoms with van der Waals surface area (Å²) in [5.74, 6) is 0. The van der Waals surface area contributed by atoms with E-state index >= 15 is 0 Å². The highest BCUT2D eigenvalue weighted by Crippen LogP contribution is 2.06. The zero-order chi connectivity index (χ0) is 7.56. The van der Waals surface area contributed by atoms with Gasteiger partial charge in [-0.15, -0.1) is 12.4 Å². The van der Waals surface area contributed by atoms with Gasteiger partial charge in [-0.3, -0.25) is 4.68 Å². The standard InChI is InChI=1S/C7H13N3.ClH/c1-3-4-10-5-7(8)6(2)9-10;/h5H,3-4,8H2,1-2H3;1H. The molecule has 2 N–H and O–H groups in total. The Bertz CT molecular complexity index is 200. The smallest absolute Gasteiger partial charge is 0.0822 e. The highest BCUT2D eigenvalue weighted by molar-refractivity contribution is 5.85. The van der Waals surface area contributed by atoms with Gasteiger partial charge in [0.1, 0.15) is 0 Å². The predicted octanol–water partition coefficient (Wildman–Crippen LogP) is 1.61. The maximum absolute atomic E-state index is 5.59. The molecule has 3 nitrogen and oxygen atoms in total. The van der Waals surface area contributed by atoms with E-state index in [0.717, 1.165) is 24.3 Å². The lowest BCUT2D eigenvalue weighted by molar-refractivity contribution is 0.598. The van der Waals surface area contributed by atoms with E-state index in [-0.39, 0.29) is 12.4 Å². The molecule has 1 aromatic rings. The van der Waals surface area contributed by atoms with E-state index in [4.69, 9.17) is 5.73 Å². The number of nitrogen functional groups attached to an aromatic ring is 1. The monoisotopic (exact) mass is 175 g/mol. The molecule has 0 aliphatic heterocycles. The van der Waals surface area contributed by atoms with E-state index in [1.54, 1.807) is 0 Å². The number of aryl methyl sites for hydroxylation is 2. The normalized spacial score (nSPS) is 9.27. The number of rotatable bonds is 2. The van der Waals surface area contributed by atoms with Crippen LogP contribution in [0.4, 0.5) is 5.69 Å². The molecule has 1 aromatic heterocycles. The minimum atomic E-state index is 0. The summed E-state index contributed by atoms with van der Waals surface area (Å²) in [5.41, 5.74) is 7.30. The van der Waals surface area contributed by atoms with Gasteiger partial charge in [0.15, 0.2) is 0 Å². The topological polar surface area (TPSA) is 43.8 Å². The van der Waals surface area contributed by atoms with Gasteiger partial charge < -0.3 is 5.73 Å². The number of anilines is 1. The van der Waals surface area contributed by atoms with Crippen LogP contribution in [-0.4, -0.2) is 9.78 Å². The van der Waals surface area contributed by atoms with E-state index in [0.29, 0.717) is 0 Å². The van der Waals surface area contributed by atoms with Gasteiger partial charge in [0.05, 0.1) is 11.4 Å². The molecule has 0 bridgehead atoms. The molecule has 0 saturated heterocycles. The Labute approximate surface area is 73.0 Å². The Morgan fingerprint density at radius 3 is 2.64 bits per heavy atom. The molecule has 1 heterocycles. The Balaban J connectivity index is 0.000001000. The highest BCUT2D eigenvalue weighted by atomic mass is 35.5. The second-order valence-corrected chi connectivity index (χ2v) is 2.43. The lowest BCUT2D eigenvalue weighted by atomic mass is 10.4. The van der Waals surface area contributed by atoms with E-state index in [9.17, 15) is 0 Å². The minimum absolute atomic E-state index is 0. The zero-order valence-electron chi connectivity index (χ0n) is 6.87. The average molecular weight is 176 g/mol. The lowest BCUT2D eigenvalue weighted by Gasteiger charge is -1.93. The van der Waals surface area contributed by atoms with E-state index in [1.807, 2.05) is 17.8 Å². The molecule has 0 saturated carbocycles. The number of halogens is 1. The summed E-state index contributed by atoms with van der Waals surface area (Å²) >= 11 is 0. The van der Waals surface area contributed by atoms with E-state index < -0.39 is 0 Å². The van der Waals surface area contributed by atoms with Crippen molar-refractivity contribution in [1.29, 1.82) is 0 Å². The van der Waals surface area contributed by atoms with Crippen molar-refractivity contribution in [3.8, 4) is 0 Å². The molecule has 0 amide bonds. The second-order valence-electron chi connectivity index (χ2n) is 2.43. The summed E-state index contributed by atoms with van der Waals surface area (Å²) < 4.78 is 1.88. The van der Waals surface area contributed by atoms with Crippen molar-refractivity contribution in [2.45, 2.75) is 26.8 Å². The van der Waals surface area contributed by atoms with Crippen LogP contribution in [0.15, 0.2) is 6.20 Å². The SMILES string of the molecule is CCCn1cc(N)c(C)n1.Cl. The van der Waals surface area contributed by atoms with Crippen LogP contribution in [0.25, 0.3) is 0 Å². The molecule has 0 fully saturated rings. The molecule has 0 unspecified atom stereocenters. The van der Waals surface area contributed by atoms with Crippen LogP contribution >= 0.6 is 12.4 Å². The molecular weight excluding hydrogens is 162 g/mol. The first-order valence-electron chi connectivity index (χ1n) is 3.53. The number of nitrogens with two attached hydrogens (primary N) is 1. The van der Waals surface area contributed by atoms with Gasteiger partial charge in [-0.2, -0.15) is 5.10 Å². The van der Waals surface area contributed by atoms with Gasteiger partial charge in [-0.25, -0.2) is 0 Å². The Morgan fingerprint density at radius 2 is 2.27 bits per heavy atom. The van der Waals surface area contributed by atoms with Crippen LogP contribution in [0.1, 0.15) is 19.0 Å². The summed E-state index contributed by atoms with van der Waals surface area (Å²) in [6, 6.07) is 0. The van der Waals surface area contributed by atoms with Crippen LogP contribution in [-0.2, 0) is 6.54 Å². The molecule has 0 radical (unpaired) electrons. The molecule has 64 valence electrons. The van der Waals surface area contributed by atoms with Gasteiger partial charge in [0.2, 0.25) is 0 Å². The third-order valence-corrected chi connectivity index (χ3v) is 1.44. The van der Waals surface area contributed by atoms with Gasteiger partial charge in [0, 0.05) is 12.7 Å². The van der Waals surface area contributed by atoms with Crippen molar-refractivity contribution in [3.63, 3.8) is 0 Å². The van der Waals surface area contributed by atoms with Crippen LogP contribution in [0.5, 0.6) is 0 Å². The Kier molecular flexibility index (Phi) is 3.97. The molecule has 0 atom stereocenters. The average Bonchev–Trinajstić information content (AvgIpc) is 2.14. The third kappa shape index (κ3) is 2.42. The van der Waals surface area contributed by atoms with Crippen molar-refractivity contribution < 1.29 is 0 Å². The van der Waals surface area contributed by atoms with Crippen molar-refractivity contribution in [2.24, 2.45) is 0 Å². The first-order valence-corrected chi connectivity index (χ1v) is 3.53. The molecule has 4 heteroatoms. The third-order valence-electron chi connectivity index (χ3n) is 1.44. The molecular formula is C7H14ClN3. The zero-order valence-corrected chi connectivity index (χ0v) is 7.69. The summed E-state index contributed by atoms with van der Waals surface area (Å²) in [7, 11) is 0. The fourth-order valence-corrected chi connectivity index (χ4v) is 0.877.